The SMILES string of the molecule is COc1ccc(C[NH2+]C[C@]2(C)CCC[C@@]3(C)c4ccc(C(C)C)cc4CC[C@H]23)cc1OC. The molecule has 2 N–H and O–H groups in total. The summed E-state index contributed by atoms with van der Waals surface area (Å²) in [6.45, 7) is 11.9. The summed E-state index contributed by atoms with van der Waals surface area (Å²) in [6.07, 6.45) is 6.57. The van der Waals surface area contributed by atoms with Crippen LogP contribution in [0, 0.1) is 11.3 Å². The molecular formula is C29H42NO2+. The molecule has 0 bridgehead atoms. The van der Waals surface area contributed by atoms with Crippen LogP contribution in [0.4, 0.5) is 0 Å². The predicted molar refractivity (Wildman–Crippen MR) is 132 cm³/mol. The molecule has 1 fully saturated rings. The summed E-state index contributed by atoms with van der Waals surface area (Å²) in [6, 6.07) is 13.7. The number of rotatable bonds is 7. The number of hydrogen-bond donors (Lipinski definition) is 1. The summed E-state index contributed by atoms with van der Waals surface area (Å²) in [4.78, 5) is 0. The van der Waals surface area contributed by atoms with Gasteiger partial charge in [-0.25, -0.2) is 0 Å². The lowest BCUT2D eigenvalue weighted by Crippen LogP contribution is -2.86. The van der Waals surface area contributed by atoms with Gasteiger partial charge in [-0.1, -0.05) is 52.3 Å². The van der Waals surface area contributed by atoms with Crippen molar-refractivity contribution in [3.05, 3.63) is 58.7 Å². The first-order valence-electron chi connectivity index (χ1n) is 12.5. The maximum absolute atomic E-state index is 5.49. The van der Waals surface area contributed by atoms with Gasteiger partial charge in [-0.2, -0.15) is 0 Å². The van der Waals surface area contributed by atoms with Crippen molar-refractivity contribution in [1.29, 1.82) is 0 Å². The summed E-state index contributed by atoms with van der Waals surface area (Å²) in [5.41, 5.74) is 6.73. The lowest BCUT2D eigenvalue weighted by atomic mass is 9.49. The summed E-state index contributed by atoms with van der Waals surface area (Å²) in [5, 5.41) is 2.52. The minimum absolute atomic E-state index is 0.313. The maximum Gasteiger partial charge on any atom is 0.161 e. The lowest BCUT2D eigenvalue weighted by molar-refractivity contribution is -0.683. The molecule has 0 saturated heterocycles. The van der Waals surface area contributed by atoms with Gasteiger partial charge in [0.05, 0.1) is 20.8 Å². The van der Waals surface area contributed by atoms with Crippen molar-refractivity contribution in [3.63, 3.8) is 0 Å². The average Bonchev–Trinajstić information content (AvgIpc) is 2.78. The van der Waals surface area contributed by atoms with E-state index in [2.05, 4.69) is 63.3 Å². The maximum atomic E-state index is 5.49. The molecule has 2 aromatic rings. The van der Waals surface area contributed by atoms with E-state index < -0.39 is 0 Å². The molecule has 0 heterocycles. The first-order chi connectivity index (χ1) is 15.3. The Labute approximate surface area is 194 Å². The zero-order valence-corrected chi connectivity index (χ0v) is 21.0. The van der Waals surface area contributed by atoms with Crippen molar-refractivity contribution >= 4 is 0 Å². The normalized spacial score (nSPS) is 27.0. The highest BCUT2D eigenvalue weighted by Gasteiger charge is 2.52. The molecule has 0 radical (unpaired) electrons. The largest absolute Gasteiger partial charge is 0.493 e. The molecule has 0 spiro atoms. The van der Waals surface area contributed by atoms with E-state index in [0.717, 1.165) is 24.0 Å². The monoisotopic (exact) mass is 436 g/mol. The molecule has 2 aliphatic carbocycles. The second-order valence-corrected chi connectivity index (χ2v) is 11.0. The van der Waals surface area contributed by atoms with Crippen LogP contribution < -0.4 is 14.8 Å². The first-order valence-corrected chi connectivity index (χ1v) is 12.5. The number of methoxy groups -OCH3 is 2. The van der Waals surface area contributed by atoms with Crippen LogP contribution in [0.25, 0.3) is 0 Å². The Bertz CT molecular complexity index is 952. The third kappa shape index (κ3) is 4.17. The fraction of sp³-hybridized carbons (Fsp3) is 0.586. The molecule has 4 rings (SSSR count). The number of nitrogens with two attached hydrogens (primary N) is 1. The van der Waals surface area contributed by atoms with Crippen LogP contribution in [0.2, 0.25) is 0 Å². The van der Waals surface area contributed by atoms with E-state index in [9.17, 15) is 0 Å². The quantitative estimate of drug-likeness (QED) is 0.613. The van der Waals surface area contributed by atoms with Crippen LogP contribution >= 0.6 is 0 Å². The third-order valence-corrected chi connectivity index (χ3v) is 8.61. The van der Waals surface area contributed by atoms with E-state index in [0.29, 0.717) is 16.7 Å². The third-order valence-electron chi connectivity index (χ3n) is 8.61. The van der Waals surface area contributed by atoms with Crippen molar-refractivity contribution in [2.24, 2.45) is 11.3 Å². The molecule has 3 heteroatoms. The summed E-state index contributed by atoms with van der Waals surface area (Å²) in [5.74, 6) is 2.98. The molecule has 2 aliphatic rings. The van der Waals surface area contributed by atoms with Crippen LogP contribution in [0.3, 0.4) is 0 Å². The van der Waals surface area contributed by atoms with Gasteiger partial charge in [0, 0.05) is 11.0 Å². The number of benzene rings is 2. The van der Waals surface area contributed by atoms with E-state index in [4.69, 9.17) is 9.47 Å². The second-order valence-electron chi connectivity index (χ2n) is 11.0. The van der Waals surface area contributed by atoms with Crippen LogP contribution in [-0.2, 0) is 18.4 Å². The Morgan fingerprint density at radius 1 is 1.00 bits per heavy atom. The summed E-state index contributed by atoms with van der Waals surface area (Å²) in [7, 11) is 3.40. The lowest BCUT2D eigenvalue weighted by Gasteiger charge is -2.54. The van der Waals surface area contributed by atoms with Gasteiger partial charge < -0.3 is 14.8 Å². The second kappa shape index (κ2) is 9.09. The van der Waals surface area contributed by atoms with Crippen molar-refractivity contribution < 1.29 is 14.8 Å². The summed E-state index contributed by atoms with van der Waals surface area (Å²) < 4.78 is 10.9. The Hall–Kier alpha value is -2.00. The molecule has 0 amide bonds. The molecule has 2 aromatic carbocycles. The van der Waals surface area contributed by atoms with E-state index in [1.165, 1.54) is 49.8 Å². The van der Waals surface area contributed by atoms with Crippen molar-refractivity contribution in [2.75, 3.05) is 20.8 Å². The van der Waals surface area contributed by atoms with Gasteiger partial charge >= 0.3 is 0 Å². The van der Waals surface area contributed by atoms with Crippen LogP contribution in [0.1, 0.15) is 81.5 Å². The van der Waals surface area contributed by atoms with Gasteiger partial charge in [-0.15, -0.1) is 0 Å². The van der Waals surface area contributed by atoms with Gasteiger partial charge in [-0.05, 0) is 77.8 Å². The fourth-order valence-corrected chi connectivity index (χ4v) is 6.82. The van der Waals surface area contributed by atoms with E-state index >= 15 is 0 Å². The summed E-state index contributed by atoms with van der Waals surface area (Å²) >= 11 is 0. The highest BCUT2D eigenvalue weighted by atomic mass is 16.5. The fourth-order valence-electron chi connectivity index (χ4n) is 6.82. The number of fused-ring (bicyclic) bond motifs is 3. The van der Waals surface area contributed by atoms with E-state index in [1.54, 1.807) is 25.3 Å². The number of ether oxygens (including phenoxy) is 2. The number of quaternary nitrogens is 1. The van der Waals surface area contributed by atoms with E-state index in [-0.39, 0.29) is 0 Å². The smallest absolute Gasteiger partial charge is 0.161 e. The first kappa shape index (κ1) is 23.2. The van der Waals surface area contributed by atoms with Crippen LogP contribution in [0.5, 0.6) is 11.5 Å². The van der Waals surface area contributed by atoms with Gasteiger partial charge in [-0.3, -0.25) is 0 Å². The van der Waals surface area contributed by atoms with Crippen LogP contribution in [0.15, 0.2) is 36.4 Å². The Morgan fingerprint density at radius 3 is 2.50 bits per heavy atom. The molecule has 32 heavy (non-hydrogen) atoms. The molecule has 0 aliphatic heterocycles. The molecule has 3 atom stereocenters. The molecule has 1 saturated carbocycles. The van der Waals surface area contributed by atoms with E-state index in [1.807, 2.05) is 6.07 Å². The highest BCUT2D eigenvalue weighted by Crippen LogP contribution is 2.56. The Balaban J connectivity index is 1.50. The van der Waals surface area contributed by atoms with Crippen molar-refractivity contribution in [3.8, 4) is 11.5 Å². The molecule has 3 nitrogen and oxygen atoms in total. The van der Waals surface area contributed by atoms with Gasteiger partial charge in [0.2, 0.25) is 0 Å². The molecule has 0 aromatic heterocycles. The highest BCUT2D eigenvalue weighted by molar-refractivity contribution is 5.43. The minimum Gasteiger partial charge on any atom is -0.493 e. The van der Waals surface area contributed by atoms with Crippen LogP contribution in [-0.4, -0.2) is 20.8 Å². The van der Waals surface area contributed by atoms with Gasteiger partial charge in [0.1, 0.15) is 6.54 Å². The molecule has 174 valence electrons. The number of hydrogen-bond acceptors (Lipinski definition) is 2. The zero-order chi connectivity index (χ0) is 22.9. The van der Waals surface area contributed by atoms with Gasteiger partial charge in [0.15, 0.2) is 11.5 Å². The molecule has 0 unspecified atom stereocenters. The Kier molecular flexibility index (Phi) is 6.58. The Morgan fingerprint density at radius 2 is 1.78 bits per heavy atom. The van der Waals surface area contributed by atoms with Crippen molar-refractivity contribution in [1.82, 2.24) is 0 Å². The molecular weight excluding hydrogens is 394 g/mol. The predicted octanol–water partition coefficient (Wildman–Crippen LogP) is 5.60. The standard InChI is InChI=1S/C29H41NO2/c1-20(2)22-9-11-24-23(17-22)10-13-27-28(3,14-7-15-29(24,27)4)19-30-18-21-8-12-25(31-5)26(16-21)32-6/h8-9,11-12,16-17,20,27,30H,7,10,13-15,18-19H2,1-6H3/p+1/t27-,28+,29+/m1/s1. The minimum atomic E-state index is 0.313. The number of aryl methyl sites for hydroxylation is 1. The topological polar surface area (TPSA) is 35.1 Å². The van der Waals surface area contributed by atoms with Gasteiger partial charge in [0.25, 0.3) is 0 Å². The zero-order valence-electron chi connectivity index (χ0n) is 21.0. The average molecular weight is 437 g/mol. The van der Waals surface area contributed by atoms with Crippen molar-refractivity contribution in [2.45, 2.75) is 77.7 Å².